The molecular formula is C18H13F3N4O2. The zero-order valence-corrected chi connectivity index (χ0v) is 13.7. The summed E-state index contributed by atoms with van der Waals surface area (Å²) in [6.45, 7) is 0. The van der Waals surface area contributed by atoms with Crippen molar-refractivity contribution in [2.75, 3.05) is 11.1 Å². The number of halogens is 3. The van der Waals surface area contributed by atoms with E-state index >= 15 is 0 Å². The molecule has 2 rings (SSSR count). The Morgan fingerprint density at radius 2 is 1.81 bits per heavy atom. The largest absolute Gasteiger partial charge is 0.416 e. The predicted molar refractivity (Wildman–Crippen MR) is 92.1 cm³/mol. The molecule has 0 aromatic heterocycles. The molecule has 0 saturated heterocycles. The summed E-state index contributed by atoms with van der Waals surface area (Å²) in [6.07, 6.45) is -3.71. The number of nitriles is 1. The maximum atomic E-state index is 12.7. The lowest BCUT2D eigenvalue weighted by molar-refractivity contribution is -0.137. The number of nitrogens with one attached hydrogen (secondary N) is 2. The number of hydrogen-bond acceptors (Lipinski definition) is 4. The van der Waals surface area contributed by atoms with E-state index in [0.717, 1.165) is 24.4 Å². The highest BCUT2D eigenvalue weighted by atomic mass is 19.4. The summed E-state index contributed by atoms with van der Waals surface area (Å²) < 4.78 is 38.1. The lowest BCUT2D eigenvalue weighted by atomic mass is 10.1. The Bertz CT molecular complexity index is 946. The van der Waals surface area contributed by atoms with E-state index < -0.39 is 29.1 Å². The smallest absolute Gasteiger partial charge is 0.398 e. The van der Waals surface area contributed by atoms with Gasteiger partial charge in [0.2, 0.25) is 0 Å². The molecular weight excluding hydrogens is 361 g/mol. The molecule has 0 spiro atoms. The van der Waals surface area contributed by atoms with E-state index in [1.54, 1.807) is 18.2 Å². The molecule has 0 atom stereocenters. The highest BCUT2D eigenvalue weighted by molar-refractivity contribution is 6.07. The summed E-state index contributed by atoms with van der Waals surface area (Å²) in [5, 5.41) is 13.5. The number of amides is 2. The Hall–Kier alpha value is -3.80. The summed E-state index contributed by atoms with van der Waals surface area (Å²) in [5.41, 5.74) is 4.40. The summed E-state index contributed by atoms with van der Waals surface area (Å²) in [6, 6.07) is 11.7. The molecule has 0 heterocycles. The Balaban J connectivity index is 2.12. The van der Waals surface area contributed by atoms with Gasteiger partial charge in [0.05, 0.1) is 11.1 Å². The zero-order chi connectivity index (χ0) is 20.0. The van der Waals surface area contributed by atoms with Gasteiger partial charge in [-0.3, -0.25) is 9.59 Å². The third-order valence-electron chi connectivity index (χ3n) is 3.37. The maximum absolute atomic E-state index is 12.7. The van der Waals surface area contributed by atoms with Crippen LogP contribution in [0.25, 0.3) is 0 Å². The van der Waals surface area contributed by atoms with E-state index in [0.29, 0.717) is 0 Å². The second kappa shape index (κ2) is 8.05. The summed E-state index contributed by atoms with van der Waals surface area (Å²) in [5.74, 6) is -1.62. The topological polar surface area (TPSA) is 108 Å². The number of anilines is 2. The van der Waals surface area contributed by atoms with Crippen LogP contribution in [0, 0.1) is 11.3 Å². The number of para-hydroxylation sites is 1. The molecule has 0 aliphatic carbocycles. The van der Waals surface area contributed by atoms with Crippen LogP contribution in [0.1, 0.15) is 15.9 Å². The van der Waals surface area contributed by atoms with E-state index in [1.165, 1.54) is 18.2 Å². The number of nitrogens with two attached hydrogens (primary N) is 1. The van der Waals surface area contributed by atoms with Gasteiger partial charge >= 0.3 is 6.18 Å². The fourth-order valence-electron chi connectivity index (χ4n) is 2.04. The fraction of sp³-hybridized carbons (Fsp3) is 0.0556. The first kappa shape index (κ1) is 19.5. The number of nitrogens with zero attached hydrogens (tertiary/aromatic N) is 1. The van der Waals surface area contributed by atoms with Crippen molar-refractivity contribution in [1.82, 2.24) is 5.32 Å². The van der Waals surface area contributed by atoms with Crippen molar-refractivity contribution in [3.05, 3.63) is 71.4 Å². The average Bonchev–Trinajstić information content (AvgIpc) is 2.62. The molecule has 9 heteroatoms. The lowest BCUT2D eigenvalue weighted by Gasteiger charge is -2.09. The second-order valence-electron chi connectivity index (χ2n) is 5.26. The molecule has 0 unspecified atom stereocenters. The fourth-order valence-corrected chi connectivity index (χ4v) is 2.04. The number of carbonyl (C=O) groups is 2. The van der Waals surface area contributed by atoms with Crippen LogP contribution in [0.5, 0.6) is 0 Å². The molecule has 0 fully saturated rings. The number of hydrogen-bond donors (Lipinski definition) is 3. The van der Waals surface area contributed by atoms with Crippen molar-refractivity contribution >= 4 is 23.2 Å². The standard InChI is InChI=1S/C18H13F3N4O2/c19-18(20,21)12-4-3-5-13(8-12)25-16(26)11(9-22)10-24-17(27)14-6-1-2-7-15(14)23/h1-8,10H,23H2,(H,24,27)(H,25,26)/b11-10-. The van der Waals surface area contributed by atoms with Gasteiger partial charge in [0.1, 0.15) is 11.6 Å². The molecule has 2 amide bonds. The van der Waals surface area contributed by atoms with Gasteiger partial charge in [-0.05, 0) is 30.3 Å². The molecule has 2 aromatic rings. The van der Waals surface area contributed by atoms with Crippen LogP contribution < -0.4 is 16.4 Å². The molecule has 0 aliphatic rings. The van der Waals surface area contributed by atoms with Gasteiger partial charge in [0.25, 0.3) is 11.8 Å². The molecule has 4 N–H and O–H groups in total. The van der Waals surface area contributed by atoms with Crippen molar-refractivity contribution in [2.45, 2.75) is 6.18 Å². The number of carbonyl (C=O) groups excluding carboxylic acids is 2. The quantitative estimate of drug-likeness (QED) is 0.434. The van der Waals surface area contributed by atoms with Crippen LogP contribution >= 0.6 is 0 Å². The molecule has 0 radical (unpaired) electrons. The van der Waals surface area contributed by atoms with Gasteiger partial charge in [-0.25, -0.2) is 0 Å². The highest BCUT2D eigenvalue weighted by Crippen LogP contribution is 2.30. The highest BCUT2D eigenvalue weighted by Gasteiger charge is 2.30. The van der Waals surface area contributed by atoms with Gasteiger partial charge in [-0.2, -0.15) is 18.4 Å². The van der Waals surface area contributed by atoms with Gasteiger partial charge in [-0.15, -0.1) is 0 Å². The minimum absolute atomic E-state index is 0.143. The Labute approximate surface area is 152 Å². The lowest BCUT2D eigenvalue weighted by Crippen LogP contribution is -2.22. The normalized spacial score (nSPS) is 11.4. The Kier molecular flexibility index (Phi) is 5.82. The van der Waals surface area contributed by atoms with Crippen LogP contribution in [-0.2, 0) is 11.0 Å². The summed E-state index contributed by atoms with van der Waals surface area (Å²) in [4.78, 5) is 24.1. The average molecular weight is 374 g/mol. The number of alkyl halides is 3. The maximum Gasteiger partial charge on any atom is 0.416 e. The number of rotatable bonds is 4. The summed E-state index contributed by atoms with van der Waals surface area (Å²) in [7, 11) is 0. The van der Waals surface area contributed by atoms with Crippen LogP contribution in [0.2, 0.25) is 0 Å². The van der Waals surface area contributed by atoms with Crippen molar-refractivity contribution < 1.29 is 22.8 Å². The summed E-state index contributed by atoms with van der Waals surface area (Å²) >= 11 is 0. The third-order valence-corrected chi connectivity index (χ3v) is 3.37. The molecule has 0 bridgehead atoms. The predicted octanol–water partition coefficient (Wildman–Crippen LogP) is 3.06. The van der Waals surface area contributed by atoms with E-state index in [1.807, 2.05) is 0 Å². The minimum atomic E-state index is -4.57. The second-order valence-corrected chi connectivity index (χ2v) is 5.26. The van der Waals surface area contributed by atoms with E-state index in [4.69, 9.17) is 11.0 Å². The van der Waals surface area contributed by atoms with Gasteiger partial charge < -0.3 is 16.4 Å². The first-order valence-corrected chi connectivity index (χ1v) is 7.46. The van der Waals surface area contributed by atoms with Crippen LogP contribution in [-0.4, -0.2) is 11.8 Å². The van der Waals surface area contributed by atoms with Gasteiger partial charge in [-0.1, -0.05) is 18.2 Å². The van der Waals surface area contributed by atoms with Crippen LogP contribution in [0.15, 0.2) is 60.3 Å². The monoisotopic (exact) mass is 374 g/mol. The SMILES string of the molecule is N#C/C(=C/NC(=O)c1ccccc1N)C(=O)Nc1cccc(C(F)(F)F)c1. The first-order chi connectivity index (χ1) is 12.7. The minimum Gasteiger partial charge on any atom is -0.398 e. The van der Waals surface area contributed by atoms with Crippen molar-refractivity contribution in [1.29, 1.82) is 5.26 Å². The number of nitrogen functional groups attached to an aromatic ring is 1. The Morgan fingerprint density at radius 1 is 1.11 bits per heavy atom. The third kappa shape index (κ3) is 5.09. The number of benzene rings is 2. The van der Waals surface area contributed by atoms with Gasteiger partial charge in [0, 0.05) is 17.6 Å². The molecule has 138 valence electrons. The zero-order valence-electron chi connectivity index (χ0n) is 13.7. The van der Waals surface area contributed by atoms with Crippen molar-refractivity contribution in [2.24, 2.45) is 0 Å². The van der Waals surface area contributed by atoms with Gasteiger partial charge in [0.15, 0.2) is 0 Å². The van der Waals surface area contributed by atoms with Crippen molar-refractivity contribution in [3.63, 3.8) is 0 Å². The first-order valence-electron chi connectivity index (χ1n) is 7.46. The van der Waals surface area contributed by atoms with E-state index in [2.05, 4.69) is 10.6 Å². The van der Waals surface area contributed by atoms with Crippen LogP contribution in [0.4, 0.5) is 24.5 Å². The molecule has 0 aliphatic heterocycles. The Morgan fingerprint density at radius 3 is 2.44 bits per heavy atom. The molecule has 27 heavy (non-hydrogen) atoms. The molecule has 2 aromatic carbocycles. The van der Waals surface area contributed by atoms with Crippen LogP contribution in [0.3, 0.4) is 0 Å². The van der Waals surface area contributed by atoms with Crippen molar-refractivity contribution in [3.8, 4) is 6.07 Å². The molecule has 0 saturated carbocycles. The van der Waals surface area contributed by atoms with E-state index in [-0.39, 0.29) is 16.9 Å². The van der Waals surface area contributed by atoms with E-state index in [9.17, 15) is 22.8 Å². The molecule has 6 nitrogen and oxygen atoms in total.